The van der Waals surface area contributed by atoms with Crippen LogP contribution in [0.3, 0.4) is 0 Å². The zero-order valence-electron chi connectivity index (χ0n) is 15.8. The fourth-order valence-electron chi connectivity index (χ4n) is 3.11. The molecular weight excluding hydrogens is 348 g/mol. The van der Waals surface area contributed by atoms with Crippen molar-refractivity contribution in [2.24, 2.45) is 0 Å². The molecule has 1 atom stereocenters. The molecule has 2 heterocycles. The molecule has 0 radical (unpaired) electrons. The van der Waals surface area contributed by atoms with E-state index >= 15 is 0 Å². The molecule has 3 aromatic rings. The number of methoxy groups -OCH3 is 1. The van der Waals surface area contributed by atoms with Crippen molar-refractivity contribution < 1.29 is 9.53 Å². The number of pyridine rings is 1. The third-order valence-electron chi connectivity index (χ3n) is 4.58. The van der Waals surface area contributed by atoms with Crippen LogP contribution >= 0.6 is 11.8 Å². The van der Waals surface area contributed by atoms with E-state index in [2.05, 4.69) is 17.1 Å². The third kappa shape index (κ3) is 3.23. The van der Waals surface area contributed by atoms with Gasteiger partial charge in [-0.05, 0) is 51.5 Å². The quantitative estimate of drug-likeness (QED) is 0.619. The highest BCUT2D eigenvalue weighted by Gasteiger charge is 2.22. The maximum Gasteiger partial charge on any atom is 0.235 e. The van der Waals surface area contributed by atoms with Gasteiger partial charge in [-0.25, -0.2) is 0 Å². The Balaban J connectivity index is 2.07. The normalized spacial score (nSPS) is 12.5. The number of benzene rings is 1. The van der Waals surface area contributed by atoms with Crippen LogP contribution < -0.4 is 4.74 Å². The van der Waals surface area contributed by atoms with E-state index in [-0.39, 0.29) is 11.2 Å². The first-order valence-corrected chi connectivity index (χ1v) is 9.66. The van der Waals surface area contributed by atoms with Gasteiger partial charge in [-0.2, -0.15) is 0 Å². The Bertz CT molecular complexity index is 950. The number of hydrogen-bond donors (Lipinski definition) is 0. The van der Waals surface area contributed by atoms with Gasteiger partial charge in [-0.3, -0.25) is 9.20 Å². The lowest BCUT2D eigenvalue weighted by Crippen LogP contribution is -2.36. The monoisotopic (exact) mass is 372 g/mol. The Labute approximate surface area is 157 Å². The first-order valence-electron chi connectivity index (χ1n) is 8.78. The summed E-state index contributed by atoms with van der Waals surface area (Å²) in [6.45, 7) is 9.38. The fraction of sp³-hybridized carbons (Fsp3) is 0.421. The third-order valence-corrected chi connectivity index (χ3v) is 5.61. The van der Waals surface area contributed by atoms with Crippen LogP contribution in [0.2, 0.25) is 0 Å². The molecule has 7 heteroatoms. The fourth-order valence-corrected chi connectivity index (χ4v) is 4.06. The number of carbonyl (C=O) groups is 1. The molecule has 0 bridgehead atoms. The predicted octanol–water partition coefficient (Wildman–Crippen LogP) is 3.55. The molecule has 0 aliphatic rings. The van der Waals surface area contributed by atoms with Crippen LogP contribution in [0.5, 0.6) is 5.75 Å². The number of hydrogen-bond acceptors (Lipinski definition) is 5. The van der Waals surface area contributed by atoms with Crippen molar-refractivity contribution in [2.75, 3.05) is 20.2 Å². The molecule has 1 unspecified atom stereocenters. The van der Waals surface area contributed by atoms with Gasteiger partial charge in [0.1, 0.15) is 5.75 Å². The molecule has 0 aliphatic carbocycles. The summed E-state index contributed by atoms with van der Waals surface area (Å²) in [5.41, 5.74) is 2.88. The maximum atomic E-state index is 12.6. The Kier molecular flexibility index (Phi) is 5.36. The number of rotatable bonds is 6. The molecule has 6 nitrogen and oxygen atoms in total. The minimum atomic E-state index is -0.232. The number of thioether (sulfide) groups is 1. The Hall–Kier alpha value is -2.28. The Morgan fingerprint density at radius 2 is 2.00 bits per heavy atom. The van der Waals surface area contributed by atoms with Crippen molar-refractivity contribution in [3.63, 3.8) is 0 Å². The van der Waals surface area contributed by atoms with Gasteiger partial charge in [-0.1, -0.05) is 11.8 Å². The summed E-state index contributed by atoms with van der Waals surface area (Å²) >= 11 is 1.44. The summed E-state index contributed by atoms with van der Waals surface area (Å²) in [5.74, 6) is 0.895. The summed E-state index contributed by atoms with van der Waals surface area (Å²) in [7, 11) is 1.65. The molecule has 1 aromatic carbocycles. The first-order chi connectivity index (χ1) is 12.5. The molecule has 138 valence electrons. The van der Waals surface area contributed by atoms with Crippen LogP contribution in [-0.4, -0.2) is 50.9 Å². The second-order valence-electron chi connectivity index (χ2n) is 6.16. The largest absolute Gasteiger partial charge is 0.497 e. The highest BCUT2D eigenvalue weighted by molar-refractivity contribution is 8.00. The number of ether oxygens (including phenoxy) is 1. The molecule has 26 heavy (non-hydrogen) atoms. The highest BCUT2D eigenvalue weighted by atomic mass is 32.2. The number of amides is 1. The van der Waals surface area contributed by atoms with Crippen molar-refractivity contribution in [3.8, 4) is 5.75 Å². The first kappa shape index (κ1) is 18.5. The SMILES string of the molecule is CCN(CC)C(=O)C(C)Sc1nnc2cc(C)c3ccc(OC)cc3n12. The van der Waals surface area contributed by atoms with Crippen molar-refractivity contribution in [1.82, 2.24) is 19.5 Å². The van der Waals surface area contributed by atoms with E-state index < -0.39 is 0 Å². The number of aromatic nitrogens is 3. The second-order valence-corrected chi connectivity index (χ2v) is 7.47. The minimum absolute atomic E-state index is 0.116. The molecule has 0 N–H and O–H groups in total. The zero-order valence-corrected chi connectivity index (χ0v) is 16.6. The van der Waals surface area contributed by atoms with E-state index in [1.54, 1.807) is 7.11 Å². The van der Waals surface area contributed by atoms with Crippen LogP contribution in [0.15, 0.2) is 29.4 Å². The van der Waals surface area contributed by atoms with Crippen LogP contribution in [0, 0.1) is 6.92 Å². The summed E-state index contributed by atoms with van der Waals surface area (Å²) in [6.07, 6.45) is 0. The highest BCUT2D eigenvalue weighted by Crippen LogP contribution is 2.30. The molecule has 1 amide bonds. The van der Waals surface area contributed by atoms with E-state index in [1.165, 1.54) is 11.8 Å². The lowest BCUT2D eigenvalue weighted by molar-refractivity contribution is -0.129. The number of fused-ring (bicyclic) bond motifs is 3. The van der Waals surface area contributed by atoms with Gasteiger partial charge >= 0.3 is 0 Å². The van der Waals surface area contributed by atoms with Crippen LogP contribution in [-0.2, 0) is 4.79 Å². The number of carbonyl (C=O) groups excluding carboxylic acids is 1. The van der Waals surface area contributed by atoms with E-state index in [9.17, 15) is 4.79 Å². The topological polar surface area (TPSA) is 59.7 Å². The molecule has 0 saturated carbocycles. The van der Waals surface area contributed by atoms with Gasteiger partial charge in [-0.15, -0.1) is 10.2 Å². The van der Waals surface area contributed by atoms with Gasteiger partial charge in [0.2, 0.25) is 5.91 Å². The molecule has 2 aromatic heterocycles. The van der Waals surface area contributed by atoms with Gasteiger partial charge < -0.3 is 9.64 Å². The van der Waals surface area contributed by atoms with Crippen LogP contribution in [0.4, 0.5) is 0 Å². The van der Waals surface area contributed by atoms with Crippen LogP contribution in [0.1, 0.15) is 26.3 Å². The molecule has 0 aliphatic heterocycles. The molecule has 3 rings (SSSR count). The summed E-state index contributed by atoms with van der Waals surface area (Å²) in [4.78, 5) is 14.5. The summed E-state index contributed by atoms with van der Waals surface area (Å²) in [6, 6.07) is 8.00. The van der Waals surface area contributed by atoms with Gasteiger partial charge in [0.05, 0.1) is 17.9 Å². The Morgan fingerprint density at radius 1 is 1.27 bits per heavy atom. The standard InChI is InChI=1S/C19H24N4O2S/c1-6-22(7-2)18(24)13(4)26-19-21-20-17-10-12(3)15-9-8-14(25-5)11-16(15)23(17)19/h8-11,13H,6-7H2,1-5H3. The smallest absolute Gasteiger partial charge is 0.235 e. The van der Waals surface area contributed by atoms with E-state index in [0.29, 0.717) is 18.2 Å². The molecule has 0 spiro atoms. The van der Waals surface area contributed by atoms with Crippen molar-refractivity contribution in [3.05, 3.63) is 29.8 Å². The van der Waals surface area contributed by atoms with Crippen molar-refractivity contribution in [1.29, 1.82) is 0 Å². The lowest BCUT2D eigenvalue weighted by atomic mass is 10.1. The summed E-state index contributed by atoms with van der Waals surface area (Å²) in [5, 5.41) is 10.2. The molecule has 0 saturated heterocycles. The lowest BCUT2D eigenvalue weighted by Gasteiger charge is -2.22. The van der Waals surface area contributed by atoms with E-state index in [1.807, 2.05) is 54.3 Å². The van der Waals surface area contributed by atoms with E-state index in [4.69, 9.17) is 4.74 Å². The van der Waals surface area contributed by atoms with Crippen molar-refractivity contribution in [2.45, 2.75) is 38.1 Å². The van der Waals surface area contributed by atoms with Gasteiger partial charge in [0, 0.05) is 24.5 Å². The van der Waals surface area contributed by atoms with Gasteiger partial charge in [0.25, 0.3) is 0 Å². The van der Waals surface area contributed by atoms with Crippen LogP contribution in [0.25, 0.3) is 16.6 Å². The number of aryl methyl sites for hydroxylation is 1. The zero-order chi connectivity index (χ0) is 18.8. The molecular formula is C19H24N4O2S. The average molecular weight is 372 g/mol. The predicted molar refractivity (Wildman–Crippen MR) is 105 cm³/mol. The Morgan fingerprint density at radius 3 is 2.65 bits per heavy atom. The summed E-state index contributed by atoms with van der Waals surface area (Å²) < 4.78 is 7.39. The maximum absolute atomic E-state index is 12.6. The number of nitrogens with zero attached hydrogens (tertiary/aromatic N) is 4. The van der Waals surface area contributed by atoms with E-state index in [0.717, 1.165) is 27.9 Å². The van der Waals surface area contributed by atoms with Gasteiger partial charge in [0.15, 0.2) is 10.8 Å². The average Bonchev–Trinajstić information content (AvgIpc) is 3.04. The van der Waals surface area contributed by atoms with Crippen molar-refractivity contribution >= 4 is 34.2 Å². The molecule has 0 fully saturated rings. The second kappa shape index (κ2) is 7.53. The minimum Gasteiger partial charge on any atom is -0.497 e.